The van der Waals surface area contributed by atoms with Gasteiger partial charge in [-0.25, -0.2) is 0 Å². The van der Waals surface area contributed by atoms with Crippen LogP contribution >= 0.6 is 0 Å². The summed E-state index contributed by atoms with van der Waals surface area (Å²) in [5.74, 6) is 0.989. The van der Waals surface area contributed by atoms with Crippen LogP contribution < -0.4 is 19.1 Å². The summed E-state index contributed by atoms with van der Waals surface area (Å²) in [6, 6.07) is 12.1. The maximum absolute atomic E-state index is 12.5. The first-order chi connectivity index (χ1) is 14.0. The summed E-state index contributed by atoms with van der Waals surface area (Å²) in [5, 5.41) is 11.2. The topological polar surface area (TPSA) is 94.4 Å². The van der Waals surface area contributed by atoms with Gasteiger partial charge in [0, 0.05) is 31.9 Å². The summed E-state index contributed by atoms with van der Waals surface area (Å²) in [7, 11) is 3.05. The van der Waals surface area contributed by atoms with Crippen LogP contribution in [0.1, 0.15) is 0 Å². The number of methoxy groups -OCH3 is 2. The van der Waals surface area contributed by atoms with E-state index in [0.717, 1.165) is 11.4 Å². The smallest absolute Gasteiger partial charge is 0.314 e. The number of nitro benzene ring substituents is 1. The van der Waals surface area contributed by atoms with Crippen molar-refractivity contribution >= 4 is 17.3 Å². The molecule has 29 heavy (non-hydrogen) atoms. The van der Waals surface area contributed by atoms with Gasteiger partial charge in [0.15, 0.2) is 12.4 Å². The first-order valence-electron chi connectivity index (χ1n) is 9.14. The average Bonchev–Trinajstić information content (AvgIpc) is 2.77. The van der Waals surface area contributed by atoms with Crippen molar-refractivity contribution in [2.45, 2.75) is 0 Å². The molecule has 0 atom stereocenters. The van der Waals surface area contributed by atoms with Crippen molar-refractivity contribution in [1.82, 2.24) is 4.90 Å². The van der Waals surface area contributed by atoms with Crippen molar-refractivity contribution in [1.29, 1.82) is 0 Å². The van der Waals surface area contributed by atoms with Crippen LogP contribution in [0.4, 0.5) is 11.4 Å². The molecule has 2 aromatic rings. The second kappa shape index (κ2) is 9.13. The summed E-state index contributed by atoms with van der Waals surface area (Å²) in [6.07, 6.45) is 0. The van der Waals surface area contributed by atoms with E-state index in [4.69, 9.17) is 14.2 Å². The van der Waals surface area contributed by atoms with Crippen molar-refractivity contribution in [2.75, 3.05) is 51.9 Å². The predicted octanol–water partition coefficient (Wildman–Crippen LogP) is 2.34. The zero-order chi connectivity index (χ0) is 20.8. The molecule has 0 radical (unpaired) electrons. The fraction of sp³-hybridized carbons (Fsp3) is 0.350. The predicted molar refractivity (Wildman–Crippen MR) is 107 cm³/mol. The van der Waals surface area contributed by atoms with E-state index >= 15 is 0 Å². The van der Waals surface area contributed by atoms with Gasteiger partial charge >= 0.3 is 5.69 Å². The highest BCUT2D eigenvalue weighted by molar-refractivity contribution is 5.78. The Morgan fingerprint density at radius 3 is 2.21 bits per heavy atom. The first kappa shape index (κ1) is 20.2. The number of hydrogen-bond donors (Lipinski definition) is 0. The van der Waals surface area contributed by atoms with Gasteiger partial charge in [-0.1, -0.05) is 0 Å². The molecule has 1 heterocycles. The van der Waals surface area contributed by atoms with Gasteiger partial charge in [-0.2, -0.15) is 0 Å². The Morgan fingerprint density at radius 2 is 1.62 bits per heavy atom. The number of nitro groups is 1. The summed E-state index contributed by atoms with van der Waals surface area (Å²) in [4.78, 5) is 27.0. The molecule has 1 aliphatic heterocycles. The van der Waals surface area contributed by atoms with E-state index in [1.165, 1.54) is 19.2 Å². The number of anilines is 1. The normalized spacial score (nSPS) is 13.7. The molecule has 0 aliphatic carbocycles. The Hall–Kier alpha value is -3.49. The zero-order valence-electron chi connectivity index (χ0n) is 16.4. The van der Waals surface area contributed by atoms with Crippen molar-refractivity contribution in [3.8, 4) is 17.2 Å². The second-order valence-electron chi connectivity index (χ2n) is 6.45. The number of piperazine rings is 1. The Balaban J connectivity index is 1.54. The number of hydrogen-bond acceptors (Lipinski definition) is 7. The Kier molecular flexibility index (Phi) is 6.38. The molecular weight excluding hydrogens is 378 g/mol. The van der Waals surface area contributed by atoms with E-state index in [-0.39, 0.29) is 24.0 Å². The number of carbonyl (C=O) groups is 1. The van der Waals surface area contributed by atoms with Crippen LogP contribution in [0, 0.1) is 10.1 Å². The minimum Gasteiger partial charge on any atom is -0.497 e. The van der Waals surface area contributed by atoms with E-state index in [0.29, 0.717) is 31.9 Å². The SMILES string of the molecule is COc1ccc(N2CCN(C(=O)COc3ccc(OC)cc3[N+](=O)[O-])CC2)cc1. The highest BCUT2D eigenvalue weighted by Crippen LogP contribution is 2.31. The number of ether oxygens (including phenoxy) is 3. The lowest BCUT2D eigenvalue weighted by atomic mass is 10.2. The molecule has 2 aromatic carbocycles. The molecule has 0 saturated carbocycles. The first-order valence-corrected chi connectivity index (χ1v) is 9.14. The number of rotatable bonds is 7. The van der Waals surface area contributed by atoms with E-state index in [1.807, 2.05) is 24.3 Å². The second-order valence-corrected chi connectivity index (χ2v) is 6.45. The van der Waals surface area contributed by atoms with E-state index in [9.17, 15) is 14.9 Å². The number of amides is 1. The molecule has 3 rings (SSSR count). The lowest BCUT2D eigenvalue weighted by molar-refractivity contribution is -0.385. The summed E-state index contributed by atoms with van der Waals surface area (Å²) in [5.41, 5.74) is 0.837. The molecule has 0 aromatic heterocycles. The molecule has 1 fully saturated rings. The van der Waals surface area contributed by atoms with Gasteiger partial charge in [0.2, 0.25) is 0 Å². The molecule has 9 nitrogen and oxygen atoms in total. The zero-order valence-corrected chi connectivity index (χ0v) is 16.4. The summed E-state index contributed by atoms with van der Waals surface area (Å²) in [6.45, 7) is 2.25. The largest absolute Gasteiger partial charge is 0.497 e. The summed E-state index contributed by atoms with van der Waals surface area (Å²) < 4.78 is 15.6. The molecule has 0 spiro atoms. The lowest BCUT2D eigenvalue weighted by Crippen LogP contribution is -2.50. The maximum Gasteiger partial charge on any atom is 0.314 e. The molecule has 0 N–H and O–H groups in total. The third kappa shape index (κ3) is 4.87. The quantitative estimate of drug-likeness (QED) is 0.519. The molecule has 1 aliphatic rings. The van der Waals surface area contributed by atoms with Gasteiger partial charge in [0.25, 0.3) is 5.91 Å². The number of benzene rings is 2. The van der Waals surface area contributed by atoms with Crippen molar-refractivity contribution in [2.24, 2.45) is 0 Å². The Labute approximate surface area is 168 Å². The highest BCUT2D eigenvalue weighted by atomic mass is 16.6. The van der Waals surface area contributed by atoms with Crippen LogP contribution in [0.3, 0.4) is 0 Å². The molecular formula is C20H23N3O6. The molecule has 9 heteroatoms. The van der Waals surface area contributed by atoms with Crippen LogP contribution in [-0.2, 0) is 4.79 Å². The van der Waals surface area contributed by atoms with Gasteiger partial charge in [-0.3, -0.25) is 14.9 Å². The van der Waals surface area contributed by atoms with E-state index < -0.39 is 4.92 Å². The van der Waals surface area contributed by atoms with Gasteiger partial charge in [-0.15, -0.1) is 0 Å². The van der Waals surface area contributed by atoms with E-state index in [2.05, 4.69) is 4.90 Å². The van der Waals surface area contributed by atoms with Gasteiger partial charge in [0.05, 0.1) is 25.2 Å². The Morgan fingerprint density at radius 1 is 1.00 bits per heavy atom. The van der Waals surface area contributed by atoms with Gasteiger partial charge < -0.3 is 24.0 Å². The monoisotopic (exact) mass is 401 g/mol. The van der Waals surface area contributed by atoms with Crippen LogP contribution in [0.5, 0.6) is 17.2 Å². The Bertz CT molecular complexity index is 863. The third-order valence-electron chi connectivity index (χ3n) is 4.78. The van der Waals surface area contributed by atoms with Crippen LogP contribution in [0.25, 0.3) is 0 Å². The fourth-order valence-corrected chi connectivity index (χ4v) is 3.13. The lowest BCUT2D eigenvalue weighted by Gasteiger charge is -2.36. The van der Waals surface area contributed by atoms with Crippen LogP contribution in [0.2, 0.25) is 0 Å². The molecule has 0 bridgehead atoms. The minimum absolute atomic E-state index is 0.0426. The van der Waals surface area contributed by atoms with Gasteiger partial charge in [0.1, 0.15) is 11.5 Å². The van der Waals surface area contributed by atoms with Crippen LogP contribution in [-0.4, -0.2) is 62.7 Å². The third-order valence-corrected chi connectivity index (χ3v) is 4.78. The molecule has 1 amide bonds. The molecule has 0 unspecified atom stereocenters. The standard InChI is InChI=1S/C20H23N3O6/c1-27-16-5-3-15(4-6-16)21-9-11-22(12-10-21)20(24)14-29-19-8-7-17(28-2)13-18(19)23(25)26/h3-8,13H,9-12,14H2,1-2H3. The van der Waals surface area contributed by atoms with Gasteiger partial charge in [-0.05, 0) is 36.4 Å². The summed E-state index contributed by atoms with van der Waals surface area (Å²) >= 11 is 0. The maximum atomic E-state index is 12.5. The highest BCUT2D eigenvalue weighted by Gasteiger charge is 2.23. The number of nitrogens with zero attached hydrogens (tertiary/aromatic N) is 3. The van der Waals surface area contributed by atoms with Crippen LogP contribution in [0.15, 0.2) is 42.5 Å². The minimum atomic E-state index is -0.560. The average molecular weight is 401 g/mol. The molecule has 154 valence electrons. The number of carbonyl (C=O) groups excluding carboxylic acids is 1. The van der Waals surface area contributed by atoms with Crippen molar-refractivity contribution < 1.29 is 23.9 Å². The van der Waals surface area contributed by atoms with Crippen molar-refractivity contribution in [3.05, 3.63) is 52.6 Å². The fourth-order valence-electron chi connectivity index (χ4n) is 3.13. The van der Waals surface area contributed by atoms with E-state index in [1.54, 1.807) is 18.1 Å². The van der Waals surface area contributed by atoms with Crippen molar-refractivity contribution in [3.63, 3.8) is 0 Å². The molecule has 1 saturated heterocycles.